The van der Waals surface area contributed by atoms with Gasteiger partial charge in [0.2, 0.25) is 17.7 Å². The molecule has 0 aliphatic rings. The van der Waals surface area contributed by atoms with Crippen LogP contribution in [0.5, 0.6) is 0 Å². The maximum absolute atomic E-state index is 12.7. The van der Waals surface area contributed by atoms with Gasteiger partial charge in [0, 0.05) is 5.75 Å². The molecular weight excluding hydrogens is 416 g/mol. The summed E-state index contributed by atoms with van der Waals surface area (Å²) in [4.78, 5) is 59.4. The van der Waals surface area contributed by atoms with E-state index < -0.39 is 60.2 Å². The number of hydrogen-bond acceptors (Lipinski definition) is 7. The molecule has 0 bridgehead atoms. The fourth-order valence-corrected chi connectivity index (χ4v) is 2.66. The highest BCUT2D eigenvalue weighted by molar-refractivity contribution is 7.80. The second kappa shape index (κ2) is 13.1. The number of thiol groups is 1. The van der Waals surface area contributed by atoms with Gasteiger partial charge in [0.05, 0.1) is 12.5 Å². The zero-order valence-corrected chi connectivity index (χ0v) is 18.4. The summed E-state index contributed by atoms with van der Waals surface area (Å²) in [6.07, 6.45) is -0.637. The molecule has 12 heteroatoms. The predicted octanol–water partition coefficient (Wildman–Crippen LogP) is -1.04. The summed E-state index contributed by atoms with van der Waals surface area (Å²) in [6.45, 7) is 6.99. The van der Waals surface area contributed by atoms with E-state index in [2.05, 4.69) is 28.6 Å². The Morgan fingerprint density at radius 1 is 0.867 bits per heavy atom. The molecule has 3 amide bonds. The average Bonchev–Trinajstić information content (AvgIpc) is 2.62. The van der Waals surface area contributed by atoms with Crippen molar-refractivity contribution in [3.05, 3.63) is 0 Å². The molecule has 11 nitrogen and oxygen atoms in total. The number of aliphatic carboxylic acids is 2. The smallest absolute Gasteiger partial charge is 0.326 e. The van der Waals surface area contributed by atoms with E-state index in [1.54, 1.807) is 27.7 Å². The molecular formula is C18H32N4O7S. The Balaban J connectivity index is 5.43. The van der Waals surface area contributed by atoms with Crippen molar-refractivity contribution in [3.63, 3.8) is 0 Å². The summed E-state index contributed by atoms with van der Waals surface area (Å²) in [6, 6.07) is -4.66. The number of rotatable bonds is 13. The topological polar surface area (TPSA) is 188 Å². The Morgan fingerprint density at radius 2 is 1.40 bits per heavy atom. The summed E-state index contributed by atoms with van der Waals surface area (Å²) >= 11 is 3.94. The van der Waals surface area contributed by atoms with Gasteiger partial charge in [-0.2, -0.15) is 12.6 Å². The number of hydrogen-bond donors (Lipinski definition) is 7. The van der Waals surface area contributed by atoms with E-state index in [1.165, 1.54) is 0 Å². The molecule has 4 atom stereocenters. The number of carbonyl (C=O) groups is 5. The first-order valence-corrected chi connectivity index (χ1v) is 10.1. The number of carboxylic acid groups (broad SMARTS) is 2. The number of nitrogens with two attached hydrogens (primary N) is 1. The quantitative estimate of drug-likeness (QED) is 0.174. The van der Waals surface area contributed by atoms with Gasteiger partial charge in [-0.1, -0.05) is 27.7 Å². The largest absolute Gasteiger partial charge is 0.481 e. The van der Waals surface area contributed by atoms with Gasteiger partial charge >= 0.3 is 11.9 Å². The minimum atomic E-state index is -1.64. The molecule has 0 rings (SSSR count). The Morgan fingerprint density at radius 3 is 1.80 bits per heavy atom. The molecule has 4 unspecified atom stereocenters. The second-order valence-electron chi connectivity index (χ2n) is 7.71. The standard InChI is InChI=1S/C18H32N4O7S/c1-8(2)5-11(16(26)21-12(18(28)29)6-13(23)24)20-17(27)14(9(3)4)22-15(25)10(19)7-30/h8-12,14,30H,5-7,19H2,1-4H3,(H,20,27)(H,21,26)(H,22,25)(H,23,24)(H,28,29). The Kier molecular flexibility index (Phi) is 12.0. The fourth-order valence-electron chi connectivity index (χ4n) is 2.49. The van der Waals surface area contributed by atoms with Crippen LogP contribution < -0.4 is 21.7 Å². The van der Waals surface area contributed by atoms with Gasteiger partial charge in [0.15, 0.2) is 0 Å². The SMILES string of the molecule is CC(C)CC(NC(=O)C(NC(=O)C(N)CS)C(C)C)C(=O)NC(CC(=O)O)C(=O)O. The average molecular weight is 449 g/mol. The third-order valence-electron chi connectivity index (χ3n) is 4.11. The lowest BCUT2D eigenvalue weighted by molar-refractivity contribution is -0.147. The lowest BCUT2D eigenvalue weighted by Gasteiger charge is -2.27. The Labute approximate surface area is 180 Å². The van der Waals surface area contributed by atoms with Crippen LogP contribution in [0.25, 0.3) is 0 Å². The van der Waals surface area contributed by atoms with Crippen LogP contribution in [0.15, 0.2) is 0 Å². The van der Waals surface area contributed by atoms with Crippen molar-refractivity contribution in [3.8, 4) is 0 Å². The van der Waals surface area contributed by atoms with Crippen molar-refractivity contribution in [2.24, 2.45) is 17.6 Å². The van der Waals surface area contributed by atoms with Crippen LogP contribution in [0.3, 0.4) is 0 Å². The monoisotopic (exact) mass is 448 g/mol. The first-order valence-electron chi connectivity index (χ1n) is 9.52. The molecule has 0 aromatic carbocycles. The third-order valence-corrected chi connectivity index (χ3v) is 4.51. The molecule has 0 fully saturated rings. The summed E-state index contributed by atoms with van der Waals surface area (Å²) in [7, 11) is 0. The highest BCUT2D eigenvalue weighted by Gasteiger charge is 2.32. The highest BCUT2D eigenvalue weighted by Crippen LogP contribution is 2.09. The van der Waals surface area contributed by atoms with Crippen LogP contribution in [0, 0.1) is 11.8 Å². The number of carbonyl (C=O) groups excluding carboxylic acids is 3. The molecule has 0 aromatic rings. The van der Waals surface area contributed by atoms with E-state index in [0.29, 0.717) is 0 Å². The molecule has 172 valence electrons. The summed E-state index contributed by atoms with van der Waals surface area (Å²) < 4.78 is 0. The van der Waals surface area contributed by atoms with Gasteiger partial charge in [-0.3, -0.25) is 19.2 Å². The van der Waals surface area contributed by atoms with Gasteiger partial charge < -0.3 is 31.9 Å². The predicted molar refractivity (Wildman–Crippen MR) is 112 cm³/mol. The summed E-state index contributed by atoms with van der Waals surface area (Å²) in [5.74, 6) is -5.24. The van der Waals surface area contributed by atoms with Crippen LogP contribution in [-0.4, -0.2) is 69.8 Å². The lowest BCUT2D eigenvalue weighted by atomic mass is 9.99. The van der Waals surface area contributed by atoms with Gasteiger partial charge in [0.25, 0.3) is 0 Å². The molecule has 0 heterocycles. The van der Waals surface area contributed by atoms with Crippen LogP contribution in [0.4, 0.5) is 0 Å². The number of amides is 3. The highest BCUT2D eigenvalue weighted by atomic mass is 32.1. The summed E-state index contributed by atoms with van der Waals surface area (Å²) in [5, 5.41) is 25.1. The van der Waals surface area contributed by atoms with Crippen LogP contribution in [0.2, 0.25) is 0 Å². The van der Waals surface area contributed by atoms with Crippen molar-refractivity contribution >= 4 is 42.3 Å². The molecule has 0 spiro atoms. The normalized spacial score (nSPS) is 15.1. The van der Waals surface area contributed by atoms with Gasteiger partial charge in [-0.05, 0) is 18.3 Å². The van der Waals surface area contributed by atoms with Crippen LogP contribution in [-0.2, 0) is 24.0 Å². The molecule has 0 saturated heterocycles. The minimum absolute atomic E-state index is 0.0477. The summed E-state index contributed by atoms with van der Waals surface area (Å²) in [5.41, 5.74) is 5.62. The van der Waals surface area contributed by atoms with E-state index in [1.807, 2.05) is 0 Å². The molecule has 30 heavy (non-hydrogen) atoms. The van der Waals surface area contributed by atoms with Crippen LogP contribution >= 0.6 is 12.6 Å². The van der Waals surface area contributed by atoms with Crippen molar-refractivity contribution in [2.75, 3.05) is 5.75 Å². The Bertz CT molecular complexity index is 642. The first kappa shape index (κ1) is 27.7. The maximum Gasteiger partial charge on any atom is 0.326 e. The molecule has 7 N–H and O–H groups in total. The van der Waals surface area contributed by atoms with Crippen molar-refractivity contribution < 1.29 is 34.2 Å². The van der Waals surface area contributed by atoms with E-state index in [0.717, 1.165) is 0 Å². The van der Waals surface area contributed by atoms with Crippen molar-refractivity contribution in [1.82, 2.24) is 16.0 Å². The lowest BCUT2D eigenvalue weighted by Crippen LogP contribution is -2.58. The zero-order valence-electron chi connectivity index (χ0n) is 17.5. The van der Waals surface area contributed by atoms with E-state index in [9.17, 15) is 24.0 Å². The molecule has 0 aliphatic carbocycles. The first-order chi connectivity index (χ1) is 13.8. The molecule has 0 aliphatic heterocycles. The molecule has 0 saturated carbocycles. The van der Waals surface area contributed by atoms with Gasteiger partial charge in [-0.15, -0.1) is 0 Å². The Hall–Kier alpha value is -2.34. The molecule has 0 aromatic heterocycles. The minimum Gasteiger partial charge on any atom is -0.481 e. The second-order valence-corrected chi connectivity index (χ2v) is 8.07. The van der Waals surface area contributed by atoms with Crippen LogP contribution in [0.1, 0.15) is 40.5 Å². The van der Waals surface area contributed by atoms with Crippen molar-refractivity contribution in [1.29, 1.82) is 0 Å². The maximum atomic E-state index is 12.7. The fraction of sp³-hybridized carbons (Fsp3) is 0.722. The van der Waals surface area contributed by atoms with E-state index in [4.69, 9.17) is 15.9 Å². The van der Waals surface area contributed by atoms with Crippen molar-refractivity contribution in [2.45, 2.75) is 64.7 Å². The van der Waals surface area contributed by atoms with E-state index >= 15 is 0 Å². The van der Waals surface area contributed by atoms with E-state index in [-0.39, 0.29) is 24.0 Å². The zero-order chi connectivity index (χ0) is 23.6. The number of nitrogens with one attached hydrogen (secondary N) is 3. The number of carboxylic acids is 2. The van der Waals surface area contributed by atoms with Gasteiger partial charge in [0.1, 0.15) is 18.1 Å². The third kappa shape index (κ3) is 9.92. The molecule has 0 radical (unpaired) electrons. The van der Waals surface area contributed by atoms with Gasteiger partial charge in [-0.25, -0.2) is 4.79 Å².